The maximum absolute atomic E-state index is 8.66. The predicted molar refractivity (Wildman–Crippen MR) is 128 cm³/mol. The second-order valence-electron chi connectivity index (χ2n) is 7.20. The highest BCUT2D eigenvalue weighted by Crippen LogP contribution is 2.22. The number of aryl methyl sites for hydroxylation is 2. The van der Waals surface area contributed by atoms with E-state index >= 15 is 0 Å². The second-order valence-corrected chi connectivity index (χ2v) is 8.12. The van der Waals surface area contributed by atoms with E-state index in [9.17, 15) is 0 Å². The van der Waals surface area contributed by atoms with Crippen LogP contribution in [-0.2, 0) is 20.5 Å². The first-order valence-corrected chi connectivity index (χ1v) is 10.5. The highest BCUT2D eigenvalue weighted by atomic mass is 79.9. The average Bonchev–Trinajstić information content (AvgIpc) is 3.33. The van der Waals surface area contributed by atoms with Crippen LogP contribution in [0.3, 0.4) is 0 Å². The van der Waals surface area contributed by atoms with Crippen molar-refractivity contribution in [3.8, 4) is 6.07 Å². The van der Waals surface area contributed by atoms with Crippen LogP contribution in [0.2, 0.25) is 0 Å². The molecule has 0 atom stereocenters. The summed E-state index contributed by atoms with van der Waals surface area (Å²) < 4.78 is 5.09. The Morgan fingerprint density at radius 2 is 1.42 bits per heavy atom. The minimum atomic E-state index is 0.446. The van der Waals surface area contributed by atoms with Gasteiger partial charge in [-0.15, -0.1) is 0 Å². The lowest BCUT2D eigenvalue weighted by Gasteiger charge is -2.07. The van der Waals surface area contributed by atoms with E-state index in [0.29, 0.717) is 6.42 Å². The number of rotatable bonds is 3. The molecule has 3 aromatic carbocycles. The lowest BCUT2D eigenvalue weighted by Crippen LogP contribution is -1.92. The summed E-state index contributed by atoms with van der Waals surface area (Å²) in [7, 11) is 3.97. The first-order valence-electron chi connectivity index (χ1n) is 9.74. The van der Waals surface area contributed by atoms with Crippen molar-refractivity contribution < 1.29 is 0 Å². The smallest absolute Gasteiger partial charge is 0.0955 e. The number of fused-ring (bicyclic) bond motifs is 2. The molecule has 31 heavy (non-hydrogen) atoms. The third-order valence-corrected chi connectivity index (χ3v) is 5.43. The normalized spacial score (nSPS) is 10.5. The van der Waals surface area contributed by atoms with Crippen LogP contribution in [0.4, 0.5) is 11.4 Å². The molecule has 0 aliphatic carbocycles. The summed E-state index contributed by atoms with van der Waals surface area (Å²) in [4.78, 5) is 8.50. The van der Waals surface area contributed by atoms with Crippen LogP contribution in [0.25, 0.3) is 22.1 Å². The Labute approximate surface area is 188 Å². The molecule has 7 heteroatoms. The molecule has 0 saturated carbocycles. The van der Waals surface area contributed by atoms with Crippen molar-refractivity contribution >= 4 is 49.4 Å². The molecule has 0 fully saturated rings. The minimum absolute atomic E-state index is 0.446. The number of hydrogen-bond acceptors (Lipinski definition) is 4. The van der Waals surface area contributed by atoms with Crippen LogP contribution >= 0.6 is 15.9 Å². The van der Waals surface area contributed by atoms with Gasteiger partial charge in [-0.2, -0.15) is 5.26 Å². The van der Waals surface area contributed by atoms with E-state index in [4.69, 9.17) is 5.26 Å². The van der Waals surface area contributed by atoms with Crippen LogP contribution in [0.5, 0.6) is 0 Å². The maximum Gasteiger partial charge on any atom is 0.0955 e. The van der Waals surface area contributed by atoms with E-state index in [1.807, 2.05) is 84.4 Å². The number of benzene rings is 3. The number of anilines is 2. The summed E-state index contributed by atoms with van der Waals surface area (Å²) in [6.07, 6.45) is 4.07. The molecule has 2 heterocycles. The van der Waals surface area contributed by atoms with Crippen molar-refractivity contribution in [2.75, 3.05) is 5.32 Å². The van der Waals surface area contributed by atoms with E-state index in [-0.39, 0.29) is 0 Å². The van der Waals surface area contributed by atoms with Crippen molar-refractivity contribution in [3.05, 3.63) is 83.4 Å². The van der Waals surface area contributed by atoms with Gasteiger partial charge in [-0.05, 0) is 54.1 Å². The zero-order valence-electron chi connectivity index (χ0n) is 17.2. The van der Waals surface area contributed by atoms with E-state index < -0.39 is 0 Å². The third-order valence-electron chi connectivity index (χ3n) is 4.94. The number of nitrogens with zero attached hydrogens (tertiary/aromatic N) is 5. The Bertz CT molecular complexity index is 1380. The molecule has 154 valence electrons. The number of nitriles is 1. The van der Waals surface area contributed by atoms with Crippen molar-refractivity contribution in [1.82, 2.24) is 19.1 Å². The average molecular weight is 473 g/mol. The number of halogens is 1. The highest BCUT2D eigenvalue weighted by Gasteiger charge is 2.02. The molecular weight excluding hydrogens is 452 g/mol. The monoisotopic (exact) mass is 472 g/mol. The van der Waals surface area contributed by atoms with Crippen molar-refractivity contribution in [3.63, 3.8) is 0 Å². The van der Waals surface area contributed by atoms with E-state index in [0.717, 1.165) is 43.5 Å². The first-order chi connectivity index (χ1) is 15.0. The Morgan fingerprint density at radius 3 is 2.06 bits per heavy atom. The molecule has 1 N–H and O–H groups in total. The van der Waals surface area contributed by atoms with Gasteiger partial charge < -0.3 is 14.5 Å². The number of nitrogens with one attached hydrogen (secondary N) is 1. The van der Waals surface area contributed by atoms with Gasteiger partial charge in [0.2, 0.25) is 0 Å². The Hall–Kier alpha value is -3.63. The van der Waals surface area contributed by atoms with Gasteiger partial charge in [-0.1, -0.05) is 28.1 Å². The maximum atomic E-state index is 8.66. The number of hydrogen-bond donors (Lipinski definition) is 1. The number of imidazole rings is 2. The van der Waals surface area contributed by atoms with Crippen LogP contribution in [-0.4, -0.2) is 19.1 Å². The Balaban J connectivity index is 0.000000177. The molecule has 0 spiro atoms. The molecule has 0 saturated heterocycles. The van der Waals surface area contributed by atoms with Crippen molar-refractivity contribution in [2.24, 2.45) is 14.1 Å². The lowest BCUT2D eigenvalue weighted by atomic mass is 10.1. The van der Waals surface area contributed by atoms with Gasteiger partial charge in [-0.25, -0.2) is 9.97 Å². The van der Waals surface area contributed by atoms with E-state index in [1.165, 1.54) is 0 Å². The fourth-order valence-corrected chi connectivity index (χ4v) is 3.62. The van der Waals surface area contributed by atoms with Crippen molar-refractivity contribution in [1.29, 1.82) is 5.26 Å². The van der Waals surface area contributed by atoms with Gasteiger partial charge in [0.1, 0.15) is 0 Å². The molecular formula is C24H21BrN6. The van der Waals surface area contributed by atoms with Crippen LogP contribution in [0.15, 0.2) is 77.8 Å². The SMILES string of the molecule is Cn1cnc2ccc(Br)cc21.Cn1cnc2ccc(Nc3ccc(CC#N)cc3)cc21. The zero-order chi connectivity index (χ0) is 21.8. The topological polar surface area (TPSA) is 71.5 Å². The standard InChI is InChI=1S/C16H14N4.C8H7BrN2/c1-20-11-18-15-7-6-14(10-16(15)20)19-13-4-2-12(3-5-13)8-9-17;1-11-5-10-7-3-2-6(9)4-8(7)11/h2-7,10-11,19H,8H2,1H3;2-5H,1H3. The first kappa shape index (κ1) is 20.6. The van der Waals surface area contributed by atoms with Crippen LogP contribution in [0, 0.1) is 11.3 Å². The number of aromatic nitrogens is 4. The summed E-state index contributed by atoms with van der Waals surface area (Å²) in [6, 6.07) is 22.2. The molecule has 0 aliphatic heterocycles. The summed E-state index contributed by atoms with van der Waals surface area (Å²) in [5.41, 5.74) is 7.33. The molecule has 6 nitrogen and oxygen atoms in total. The molecule has 0 radical (unpaired) electrons. The molecule has 0 bridgehead atoms. The van der Waals surface area contributed by atoms with Gasteiger partial charge in [-0.3, -0.25) is 0 Å². The minimum Gasteiger partial charge on any atom is -0.355 e. The lowest BCUT2D eigenvalue weighted by molar-refractivity contribution is 0.947. The summed E-state index contributed by atoms with van der Waals surface area (Å²) in [5, 5.41) is 12.0. The van der Waals surface area contributed by atoms with Crippen LogP contribution < -0.4 is 5.32 Å². The Morgan fingerprint density at radius 1 is 0.839 bits per heavy atom. The summed E-state index contributed by atoms with van der Waals surface area (Å²) >= 11 is 3.41. The zero-order valence-corrected chi connectivity index (χ0v) is 18.8. The quantitative estimate of drug-likeness (QED) is 0.364. The van der Waals surface area contributed by atoms with Gasteiger partial charge >= 0.3 is 0 Å². The van der Waals surface area contributed by atoms with Gasteiger partial charge in [0.05, 0.1) is 47.2 Å². The van der Waals surface area contributed by atoms with E-state index in [2.05, 4.69) is 49.4 Å². The molecule has 0 unspecified atom stereocenters. The second kappa shape index (κ2) is 9.02. The summed E-state index contributed by atoms with van der Waals surface area (Å²) in [5.74, 6) is 0. The fourth-order valence-electron chi connectivity index (χ4n) is 3.27. The fraction of sp³-hybridized carbons (Fsp3) is 0.125. The highest BCUT2D eigenvalue weighted by molar-refractivity contribution is 9.10. The Kier molecular flexibility index (Phi) is 6.01. The molecule has 5 rings (SSSR count). The van der Waals surface area contributed by atoms with Crippen molar-refractivity contribution in [2.45, 2.75) is 6.42 Å². The third kappa shape index (κ3) is 4.76. The summed E-state index contributed by atoms with van der Waals surface area (Å²) in [6.45, 7) is 0. The predicted octanol–water partition coefficient (Wildman–Crippen LogP) is 5.72. The van der Waals surface area contributed by atoms with Gasteiger partial charge in [0.25, 0.3) is 0 Å². The van der Waals surface area contributed by atoms with Crippen LogP contribution in [0.1, 0.15) is 5.56 Å². The van der Waals surface area contributed by atoms with Gasteiger partial charge in [0.15, 0.2) is 0 Å². The molecule has 0 aliphatic rings. The molecule has 2 aromatic heterocycles. The van der Waals surface area contributed by atoms with E-state index in [1.54, 1.807) is 0 Å². The molecule has 0 amide bonds. The largest absolute Gasteiger partial charge is 0.355 e. The van der Waals surface area contributed by atoms with Gasteiger partial charge in [0, 0.05) is 29.9 Å². The molecule has 5 aromatic rings.